The quantitative estimate of drug-likeness (QED) is 0.274. The van der Waals surface area contributed by atoms with Crippen LogP contribution in [0.25, 0.3) is 16.8 Å². The van der Waals surface area contributed by atoms with Crippen LogP contribution < -0.4 is 0 Å². The number of allylic oxidation sites excluding steroid dienone is 2. The molecule has 0 amide bonds. The number of H-pyrrole nitrogens is 1. The van der Waals surface area contributed by atoms with Crippen LogP contribution in [0, 0.1) is 69.2 Å². The van der Waals surface area contributed by atoms with Gasteiger partial charge >= 0.3 is 0 Å². The topological polar surface area (TPSA) is 28.1 Å². The second-order valence-corrected chi connectivity index (χ2v) is 12.1. The van der Waals surface area contributed by atoms with Crippen LogP contribution in [0.1, 0.15) is 79.4 Å². The minimum Gasteiger partial charge on any atom is -0.354 e. The first-order valence-electron chi connectivity index (χ1n) is 14.3. The molecular formula is C38H42N2. The Labute approximate surface area is 240 Å². The first kappa shape index (κ1) is 27.6. The van der Waals surface area contributed by atoms with Crippen LogP contribution in [-0.2, 0) is 0 Å². The van der Waals surface area contributed by atoms with Crippen LogP contribution in [-0.4, -0.2) is 10.7 Å². The summed E-state index contributed by atoms with van der Waals surface area (Å²) in [6.45, 7) is 24.2. The van der Waals surface area contributed by atoms with Crippen LogP contribution >= 0.6 is 0 Å². The van der Waals surface area contributed by atoms with Crippen LogP contribution in [0.2, 0.25) is 0 Å². The summed E-state index contributed by atoms with van der Waals surface area (Å²) >= 11 is 0. The molecule has 2 nitrogen and oxygen atoms in total. The Kier molecular flexibility index (Phi) is 7.08. The smallest absolute Gasteiger partial charge is 0.0744 e. The van der Waals surface area contributed by atoms with Gasteiger partial charge < -0.3 is 4.98 Å². The van der Waals surface area contributed by atoms with Crippen molar-refractivity contribution in [3.8, 4) is 11.3 Å². The Balaban J connectivity index is 1.81. The molecule has 1 aliphatic rings. The van der Waals surface area contributed by atoms with Crippen molar-refractivity contribution in [1.82, 2.24) is 4.98 Å². The summed E-state index contributed by atoms with van der Waals surface area (Å²) in [6.07, 6.45) is 2.28. The molecule has 1 N–H and O–H groups in total. The zero-order valence-corrected chi connectivity index (χ0v) is 26.1. The molecule has 0 saturated heterocycles. The van der Waals surface area contributed by atoms with Crippen LogP contribution in [0.5, 0.6) is 0 Å². The molecule has 0 radical (unpaired) electrons. The first-order chi connectivity index (χ1) is 18.8. The molecule has 0 aliphatic carbocycles. The average molecular weight is 527 g/mol. The Hall–Kier alpha value is -3.91. The molecule has 1 aliphatic heterocycles. The second-order valence-electron chi connectivity index (χ2n) is 12.1. The normalized spacial score (nSPS) is 14.5. The SMILES string of the molecule is CC1=C/C(=C(\c2cc(C)c(-c3c(C)cc(C)cc3C)[nH]2)c2c(C)cc(C)cc2C)N=C1c1c(C)cc(C)cc1C. The fraction of sp³-hybridized carbons (Fsp3) is 0.289. The maximum absolute atomic E-state index is 5.39. The molecule has 4 aromatic rings. The molecule has 2 heterocycles. The van der Waals surface area contributed by atoms with Crippen LogP contribution in [0.15, 0.2) is 64.8 Å². The fourth-order valence-corrected chi connectivity index (χ4v) is 6.95. The summed E-state index contributed by atoms with van der Waals surface area (Å²) in [5, 5.41) is 0. The third-order valence-corrected chi connectivity index (χ3v) is 8.27. The predicted molar refractivity (Wildman–Crippen MR) is 173 cm³/mol. The maximum atomic E-state index is 5.39. The molecule has 0 saturated carbocycles. The highest BCUT2D eigenvalue weighted by Crippen LogP contribution is 2.40. The Morgan fingerprint density at radius 3 is 1.48 bits per heavy atom. The number of benzene rings is 3. The molecule has 5 rings (SSSR count). The number of nitrogens with zero attached hydrogens (tertiary/aromatic N) is 1. The van der Waals surface area contributed by atoms with E-state index in [9.17, 15) is 0 Å². The van der Waals surface area contributed by atoms with Gasteiger partial charge in [0.05, 0.1) is 11.4 Å². The molecule has 204 valence electrons. The Morgan fingerprint density at radius 2 is 0.975 bits per heavy atom. The minimum absolute atomic E-state index is 1.02. The molecule has 0 bridgehead atoms. The molecule has 2 heteroatoms. The summed E-state index contributed by atoms with van der Waals surface area (Å²) in [6, 6.07) is 16.0. The number of aliphatic imine (C=N–C) groups is 1. The average Bonchev–Trinajstić information content (AvgIpc) is 3.37. The van der Waals surface area contributed by atoms with Crippen molar-refractivity contribution >= 4 is 11.3 Å². The van der Waals surface area contributed by atoms with Gasteiger partial charge in [-0.3, -0.25) is 0 Å². The standard InChI is InChI=1S/C38H42N2/c1-20-12-23(4)33(24(5)13-20)36(31-18-29(10)37(39-31)34-25(6)14-21(2)15-26(34)7)32-19-30(11)38(40-32)35-27(8)16-22(3)17-28(35)9/h12-19,39H,1-11H3/b36-32-. The lowest BCUT2D eigenvalue weighted by molar-refractivity contribution is 1.23. The van der Waals surface area contributed by atoms with Crippen molar-refractivity contribution in [2.75, 3.05) is 0 Å². The van der Waals surface area contributed by atoms with Gasteiger partial charge in [0.2, 0.25) is 0 Å². The van der Waals surface area contributed by atoms with E-state index in [2.05, 4.69) is 130 Å². The van der Waals surface area contributed by atoms with Crippen molar-refractivity contribution < 1.29 is 0 Å². The van der Waals surface area contributed by atoms with Gasteiger partial charge in [0.1, 0.15) is 0 Å². The van der Waals surface area contributed by atoms with Gasteiger partial charge in [0, 0.05) is 28.1 Å². The second kappa shape index (κ2) is 10.2. The Bertz CT molecular complexity index is 1710. The monoisotopic (exact) mass is 526 g/mol. The molecule has 1 aromatic heterocycles. The summed E-state index contributed by atoms with van der Waals surface area (Å²) in [4.78, 5) is 9.28. The van der Waals surface area contributed by atoms with Crippen molar-refractivity contribution in [2.24, 2.45) is 4.99 Å². The third kappa shape index (κ3) is 4.81. The van der Waals surface area contributed by atoms with Gasteiger partial charge in [-0.1, -0.05) is 53.1 Å². The number of aromatic nitrogens is 1. The third-order valence-electron chi connectivity index (χ3n) is 8.27. The largest absolute Gasteiger partial charge is 0.354 e. The van der Waals surface area contributed by atoms with Gasteiger partial charge in [-0.05, 0) is 138 Å². The molecule has 3 aromatic carbocycles. The van der Waals surface area contributed by atoms with Gasteiger partial charge in [-0.25, -0.2) is 4.99 Å². The van der Waals surface area contributed by atoms with E-state index in [1.165, 1.54) is 89.2 Å². The summed E-state index contributed by atoms with van der Waals surface area (Å²) in [5.41, 5.74) is 23.4. The fourth-order valence-electron chi connectivity index (χ4n) is 6.95. The summed E-state index contributed by atoms with van der Waals surface area (Å²) < 4.78 is 0. The van der Waals surface area contributed by atoms with Crippen molar-refractivity contribution in [3.63, 3.8) is 0 Å². The highest BCUT2D eigenvalue weighted by atomic mass is 14.8. The number of hydrogen-bond acceptors (Lipinski definition) is 1. The first-order valence-corrected chi connectivity index (χ1v) is 14.3. The van der Waals surface area contributed by atoms with E-state index in [-0.39, 0.29) is 0 Å². The minimum atomic E-state index is 1.02. The van der Waals surface area contributed by atoms with E-state index >= 15 is 0 Å². The van der Waals surface area contributed by atoms with Gasteiger partial charge in [-0.15, -0.1) is 0 Å². The number of aryl methyl sites for hydroxylation is 10. The van der Waals surface area contributed by atoms with E-state index in [0.29, 0.717) is 0 Å². The number of aromatic amines is 1. The van der Waals surface area contributed by atoms with Gasteiger partial charge in [-0.2, -0.15) is 0 Å². The number of hydrogen-bond donors (Lipinski definition) is 1. The van der Waals surface area contributed by atoms with E-state index in [1.807, 2.05) is 0 Å². The summed E-state index contributed by atoms with van der Waals surface area (Å²) in [5.74, 6) is 0. The molecule has 0 unspecified atom stereocenters. The lowest BCUT2D eigenvalue weighted by Crippen LogP contribution is -2.05. The van der Waals surface area contributed by atoms with Gasteiger partial charge in [0.25, 0.3) is 0 Å². The highest BCUT2D eigenvalue weighted by molar-refractivity contribution is 6.17. The lowest BCUT2D eigenvalue weighted by atomic mass is 9.90. The number of rotatable bonds is 4. The van der Waals surface area contributed by atoms with Crippen LogP contribution in [0.3, 0.4) is 0 Å². The lowest BCUT2D eigenvalue weighted by Gasteiger charge is -2.16. The zero-order chi connectivity index (χ0) is 29.0. The Morgan fingerprint density at radius 1 is 0.525 bits per heavy atom. The van der Waals surface area contributed by atoms with E-state index in [1.54, 1.807) is 0 Å². The number of nitrogens with one attached hydrogen (secondary N) is 1. The van der Waals surface area contributed by atoms with Crippen molar-refractivity contribution in [2.45, 2.75) is 76.2 Å². The van der Waals surface area contributed by atoms with E-state index in [0.717, 1.165) is 17.1 Å². The van der Waals surface area contributed by atoms with Crippen molar-refractivity contribution in [1.29, 1.82) is 0 Å². The highest BCUT2D eigenvalue weighted by Gasteiger charge is 2.25. The molecule has 40 heavy (non-hydrogen) atoms. The van der Waals surface area contributed by atoms with Gasteiger partial charge in [0.15, 0.2) is 0 Å². The van der Waals surface area contributed by atoms with Crippen LogP contribution in [0.4, 0.5) is 0 Å². The zero-order valence-electron chi connectivity index (χ0n) is 26.1. The summed E-state index contributed by atoms with van der Waals surface area (Å²) in [7, 11) is 0. The maximum Gasteiger partial charge on any atom is 0.0744 e. The van der Waals surface area contributed by atoms with E-state index < -0.39 is 0 Å². The molecule has 0 spiro atoms. The van der Waals surface area contributed by atoms with Crippen molar-refractivity contribution in [3.05, 3.63) is 132 Å². The predicted octanol–water partition coefficient (Wildman–Crippen LogP) is 9.97. The molecule has 0 atom stereocenters. The van der Waals surface area contributed by atoms with E-state index in [4.69, 9.17) is 4.99 Å². The molecular weight excluding hydrogens is 484 g/mol. The molecule has 0 fully saturated rings.